The Bertz CT molecular complexity index is 943. The van der Waals surface area contributed by atoms with E-state index in [9.17, 15) is 14.4 Å². The van der Waals surface area contributed by atoms with Crippen LogP contribution < -0.4 is 10.6 Å². The highest BCUT2D eigenvalue weighted by Crippen LogP contribution is 2.28. The van der Waals surface area contributed by atoms with Crippen molar-refractivity contribution in [1.29, 1.82) is 0 Å². The van der Waals surface area contributed by atoms with Crippen molar-refractivity contribution in [3.05, 3.63) is 71.3 Å². The Morgan fingerprint density at radius 2 is 1.74 bits per heavy atom. The van der Waals surface area contributed by atoms with Gasteiger partial charge < -0.3 is 15.5 Å². The molecular weight excluding hydrogens is 392 g/mol. The maximum atomic E-state index is 13.0. The summed E-state index contributed by atoms with van der Waals surface area (Å²) >= 11 is 0. The SMILES string of the molecule is CCc1ccc(C(CNC(=O)CN2C(=O)NC(C)(c3ccccc3)C2=O)N(C)C)cc1. The van der Waals surface area contributed by atoms with Gasteiger partial charge in [-0.05, 0) is 44.1 Å². The molecule has 2 aromatic rings. The highest BCUT2D eigenvalue weighted by Gasteiger charge is 2.49. The third-order valence-corrected chi connectivity index (χ3v) is 5.82. The predicted octanol–water partition coefficient (Wildman–Crippen LogP) is 2.44. The molecular formula is C24H30N4O3. The Hall–Kier alpha value is -3.19. The molecule has 2 atom stereocenters. The number of carbonyl (C=O) groups excluding carboxylic acids is 3. The van der Waals surface area contributed by atoms with Crippen LogP contribution in [0.15, 0.2) is 54.6 Å². The fraction of sp³-hybridized carbons (Fsp3) is 0.375. The summed E-state index contributed by atoms with van der Waals surface area (Å²) < 4.78 is 0. The summed E-state index contributed by atoms with van der Waals surface area (Å²) in [6.07, 6.45) is 0.970. The number of hydrogen-bond donors (Lipinski definition) is 2. The van der Waals surface area contributed by atoms with E-state index in [1.54, 1.807) is 19.1 Å². The highest BCUT2D eigenvalue weighted by atomic mass is 16.2. The standard InChI is InChI=1S/C24H30N4O3/c1-5-17-11-13-18(14-12-17)20(27(3)4)15-25-21(29)16-28-22(30)24(2,26-23(28)31)19-9-7-6-8-10-19/h6-14,20H,5,15-16H2,1-4H3,(H,25,29)(H,26,31). The molecule has 7 heteroatoms. The first-order chi connectivity index (χ1) is 14.8. The maximum absolute atomic E-state index is 13.0. The lowest BCUT2D eigenvalue weighted by atomic mass is 9.92. The number of hydrogen-bond acceptors (Lipinski definition) is 4. The van der Waals surface area contributed by atoms with Gasteiger partial charge in [-0.3, -0.25) is 14.5 Å². The Kier molecular flexibility index (Phi) is 6.75. The normalized spacial score (nSPS) is 19.5. The molecule has 0 bridgehead atoms. The van der Waals surface area contributed by atoms with Crippen molar-refractivity contribution >= 4 is 17.8 Å². The summed E-state index contributed by atoms with van der Waals surface area (Å²) in [6.45, 7) is 3.82. The second-order valence-corrected chi connectivity index (χ2v) is 8.19. The van der Waals surface area contributed by atoms with Gasteiger partial charge in [0.1, 0.15) is 12.1 Å². The van der Waals surface area contributed by atoms with Crippen molar-refractivity contribution in [2.24, 2.45) is 0 Å². The van der Waals surface area contributed by atoms with E-state index >= 15 is 0 Å². The minimum absolute atomic E-state index is 0.0208. The van der Waals surface area contributed by atoms with E-state index < -0.39 is 17.5 Å². The number of urea groups is 1. The summed E-state index contributed by atoms with van der Waals surface area (Å²) in [6, 6.07) is 16.8. The lowest BCUT2D eigenvalue weighted by Gasteiger charge is -2.26. The van der Waals surface area contributed by atoms with E-state index in [2.05, 4.69) is 41.8 Å². The molecule has 0 aromatic heterocycles. The molecule has 0 radical (unpaired) electrons. The number of benzene rings is 2. The summed E-state index contributed by atoms with van der Waals surface area (Å²) in [5.41, 5.74) is 1.85. The molecule has 0 aliphatic carbocycles. The van der Waals surface area contributed by atoms with Gasteiger partial charge in [-0.1, -0.05) is 61.5 Å². The second kappa shape index (κ2) is 9.31. The Labute approximate surface area is 183 Å². The van der Waals surface area contributed by atoms with Crippen LogP contribution in [0.25, 0.3) is 0 Å². The number of imide groups is 1. The van der Waals surface area contributed by atoms with Gasteiger partial charge in [0.2, 0.25) is 5.91 Å². The average molecular weight is 423 g/mol. The van der Waals surface area contributed by atoms with Crippen LogP contribution in [-0.4, -0.2) is 54.8 Å². The Balaban J connectivity index is 1.64. The molecule has 1 aliphatic heterocycles. The van der Waals surface area contributed by atoms with E-state index in [4.69, 9.17) is 0 Å². The number of nitrogens with one attached hydrogen (secondary N) is 2. The van der Waals surface area contributed by atoms with Crippen LogP contribution in [0.2, 0.25) is 0 Å². The molecule has 31 heavy (non-hydrogen) atoms. The van der Waals surface area contributed by atoms with Gasteiger partial charge in [0, 0.05) is 6.54 Å². The van der Waals surface area contributed by atoms with Crippen LogP contribution >= 0.6 is 0 Å². The van der Waals surface area contributed by atoms with Gasteiger partial charge in [-0.15, -0.1) is 0 Å². The topological polar surface area (TPSA) is 81.8 Å². The Morgan fingerprint density at radius 1 is 1.10 bits per heavy atom. The average Bonchev–Trinajstić information content (AvgIpc) is 2.98. The van der Waals surface area contributed by atoms with E-state index in [1.807, 2.05) is 37.2 Å². The number of carbonyl (C=O) groups is 3. The molecule has 1 heterocycles. The van der Waals surface area contributed by atoms with Crippen LogP contribution in [0.4, 0.5) is 4.79 Å². The first-order valence-corrected chi connectivity index (χ1v) is 10.5. The Morgan fingerprint density at radius 3 is 2.32 bits per heavy atom. The predicted molar refractivity (Wildman–Crippen MR) is 119 cm³/mol. The molecule has 2 unspecified atom stereocenters. The third-order valence-electron chi connectivity index (χ3n) is 5.82. The van der Waals surface area contributed by atoms with E-state index in [1.165, 1.54) is 5.56 Å². The van der Waals surface area contributed by atoms with Crippen molar-refractivity contribution in [3.8, 4) is 0 Å². The number of nitrogens with zero attached hydrogens (tertiary/aromatic N) is 2. The molecule has 3 rings (SSSR count). The van der Waals surface area contributed by atoms with Crippen molar-refractivity contribution in [1.82, 2.24) is 20.4 Å². The minimum Gasteiger partial charge on any atom is -0.353 e. The summed E-state index contributed by atoms with van der Waals surface area (Å²) in [4.78, 5) is 41.0. The number of aryl methyl sites for hydroxylation is 1. The summed E-state index contributed by atoms with van der Waals surface area (Å²) in [5, 5.41) is 5.59. The fourth-order valence-electron chi connectivity index (χ4n) is 3.79. The first-order valence-electron chi connectivity index (χ1n) is 10.5. The molecule has 2 aromatic carbocycles. The van der Waals surface area contributed by atoms with Crippen LogP contribution in [0.5, 0.6) is 0 Å². The van der Waals surface area contributed by atoms with Gasteiger partial charge in [0.05, 0.1) is 6.04 Å². The molecule has 0 saturated carbocycles. The van der Waals surface area contributed by atoms with Gasteiger partial charge in [-0.2, -0.15) is 0 Å². The van der Waals surface area contributed by atoms with Crippen molar-refractivity contribution < 1.29 is 14.4 Å². The van der Waals surface area contributed by atoms with Crippen LogP contribution in [-0.2, 0) is 21.5 Å². The first kappa shape index (κ1) is 22.5. The van der Waals surface area contributed by atoms with Gasteiger partial charge in [0.15, 0.2) is 0 Å². The van der Waals surface area contributed by atoms with Gasteiger partial charge in [0.25, 0.3) is 5.91 Å². The zero-order valence-electron chi connectivity index (χ0n) is 18.5. The molecule has 7 nitrogen and oxygen atoms in total. The largest absolute Gasteiger partial charge is 0.353 e. The number of amides is 4. The fourth-order valence-corrected chi connectivity index (χ4v) is 3.79. The molecule has 164 valence electrons. The van der Waals surface area contributed by atoms with Crippen molar-refractivity contribution in [2.75, 3.05) is 27.2 Å². The van der Waals surface area contributed by atoms with Crippen LogP contribution in [0.1, 0.15) is 36.6 Å². The number of rotatable bonds is 8. The highest BCUT2D eigenvalue weighted by molar-refractivity contribution is 6.09. The molecule has 0 spiro atoms. The minimum atomic E-state index is -1.17. The molecule has 1 aliphatic rings. The molecule has 2 N–H and O–H groups in total. The van der Waals surface area contributed by atoms with Crippen molar-refractivity contribution in [3.63, 3.8) is 0 Å². The number of likely N-dealkylation sites (N-methyl/N-ethyl adjacent to an activating group) is 1. The van der Waals surface area contributed by atoms with Crippen LogP contribution in [0, 0.1) is 0 Å². The lowest BCUT2D eigenvalue weighted by Crippen LogP contribution is -2.44. The van der Waals surface area contributed by atoms with Crippen LogP contribution in [0.3, 0.4) is 0 Å². The quantitative estimate of drug-likeness (QED) is 0.641. The zero-order chi connectivity index (χ0) is 22.6. The second-order valence-electron chi connectivity index (χ2n) is 8.19. The maximum Gasteiger partial charge on any atom is 0.325 e. The summed E-state index contributed by atoms with van der Waals surface area (Å²) in [7, 11) is 3.90. The van der Waals surface area contributed by atoms with Gasteiger partial charge >= 0.3 is 6.03 Å². The third kappa shape index (κ3) is 4.77. The lowest BCUT2D eigenvalue weighted by molar-refractivity contribution is -0.134. The monoisotopic (exact) mass is 422 g/mol. The van der Waals surface area contributed by atoms with E-state index in [-0.39, 0.29) is 18.5 Å². The zero-order valence-corrected chi connectivity index (χ0v) is 18.5. The van der Waals surface area contributed by atoms with E-state index in [0.29, 0.717) is 12.1 Å². The molecule has 1 fully saturated rings. The molecule has 4 amide bonds. The van der Waals surface area contributed by atoms with Crippen molar-refractivity contribution in [2.45, 2.75) is 31.8 Å². The van der Waals surface area contributed by atoms with Gasteiger partial charge in [-0.25, -0.2) is 4.79 Å². The van der Waals surface area contributed by atoms with E-state index in [0.717, 1.165) is 16.9 Å². The summed E-state index contributed by atoms with van der Waals surface area (Å²) in [5.74, 6) is -0.809. The molecule has 1 saturated heterocycles. The smallest absolute Gasteiger partial charge is 0.325 e.